The molecule has 1 N–H and O–H groups in total. The second-order valence-electron chi connectivity index (χ2n) is 4.35. The van der Waals surface area contributed by atoms with Crippen LogP contribution in [0.3, 0.4) is 0 Å². The third-order valence-corrected chi connectivity index (χ3v) is 3.04. The number of nitrogens with one attached hydrogen (secondary N) is 1. The highest BCUT2D eigenvalue weighted by Crippen LogP contribution is 2.27. The van der Waals surface area contributed by atoms with E-state index in [2.05, 4.69) is 5.32 Å². The van der Waals surface area contributed by atoms with Crippen LogP contribution >= 0.6 is 0 Å². The van der Waals surface area contributed by atoms with Crippen LogP contribution in [0.15, 0.2) is 18.2 Å². The van der Waals surface area contributed by atoms with E-state index in [-0.39, 0.29) is 5.82 Å². The monoisotopic (exact) mass is 223 g/mol. The highest BCUT2D eigenvalue weighted by molar-refractivity contribution is 5.46. The summed E-state index contributed by atoms with van der Waals surface area (Å²) in [5.41, 5.74) is 1.55. The molecule has 0 saturated heterocycles. The SMILES string of the molecule is CCOC1CC(Nc2ccc(C)c(F)c2)C1. The van der Waals surface area contributed by atoms with Crippen LogP contribution in [0.25, 0.3) is 0 Å². The zero-order valence-electron chi connectivity index (χ0n) is 9.79. The largest absolute Gasteiger partial charge is 0.382 e. The molecule has 2 rings (SSSR count). The van der Waals surface area contributed by atoms with Crippen LogP contribution in [-0.2, 0) is 4.74 Å². The minimum atomic E-state index is -0.148. The van der Waals surface area contributed by atoms with Crippen LogP contribution in [0.5, 0.6) is 0 Å². The molecule has 1 aromatic rings. The summed E-state index contributed by atoms with van der Waals surface area (Å²) in [5, 5.41) is 3.31. The van der Waals surface area contributed by atoms with Crippen molar-refractivity contribution in [2.75, 3.05) is 11.9 Å². The maximum absolute atomic E-state index is 13.3. The predicted octanol–water partition coefficient (Wildman–Crippen LogP) is 3.11. The van der Waals surface area contributed by atoms with Gasteiger partial charge in [-0.2, -0.15) is 0 Å². The predicted molar refractivity (Wildman–Crippen MR) is 63.2 cm³/mol. The standard InChI is InChI=1S/C13H18FNO/c1-3-16-12-6-11(7-12)15-10-5-4-9(2)13(14)8-10/h4-5,8,11-12,15H,3,6-7H2,1-2H3. The molecule has 16 heavy (non-hydrogen) atoms. The number of ether oxygens (including phenoxy) is 1. The van der Waals surface area contributed by atoms with Crippen molar-refractivity contribution in [3.63, 3.8) is 0 Å². The third-order valence-electron chi connectivity index (χ3n) is 3.04. The van der Waals surface area contributed by atoms with Gasteiger partial charge in [0.05, 0.1) is 6.10 Å². The van der Waals surface area contributed by atoms with Gasteiger partial charge in [-0.3, -0.25) is 0 Å². The lowest BCUT2D eigenvalue weighted by molar-refractivity contribution is 0.00299. The number of halogens is 1. The van der Waals surface area contributed by atoms with Crippen molar-refractivity contribution in [2.24, 2.45) is 0 Å². The highest BCUT2D eigenvalue weighted by atomic mass is 19.1. The van der Waals surface area contributed by atoms with Gasteiger partial charge in [-0.05, 0) is 44.4 Å². The van der Waals surface area contributed by atoms with Gasteiger partial charge in [0.2, 0.25) is 0 Å². The average molecular weight is 223 g/mol. The van der Waals surface area contributed by atoms with Crippen molar-refractivity contribution >= 4 is 5.69 Å². The molecule has 0 aromatic heterocycles. The van der Waals surface area contributed by atoms with Gasteiger partial charge in [0.25, 0.3) is 0 Å². The smallest absolute Gasteiger partial charge is 0.128 e. The van der Waals surface area contributed by atoms with Crippen LogP contribution in [0.1, 0.15) is 25.3 Å². The number of aryl methyl sites for hydroxylation is 1. The third kappa shape index (κ3) is 2.53. The summed E-state index contributed by atoms with van der Waals surface area (Å²) < 4.78 is 18.8. The fraction of sp³-hybridized carbons (Fsp3) is 0.538. The van der Waals surface area contributed by atoms with Gasteiger partial charge < -0.3 is 10.1 Å². The lowest BCUT2D eigenvalue weighted by Crippen LogP contribution is -2.40. The maximum Gasteiger partial charge on any atom is 0.128 e. The molecular formula is C13H18FNO. The summed E-state index contributed by atoms with van der Waals surface area (Å²) in [7, 11) is 0. The summed E-state index contributed by atoms with van der Waals surface area (Å²) >= 11 is 0. The summed E-state index contributed by atoms with van der Waals surface area (Å²) in [6.45, 7) is 4.56. The number of anilines is 1. The van der Waals surface area contributed by atoms with Gasteiger partial charge in [0.15, 0.2) is 0 Å². The van der Waals surface area contributed by atoms with E-state index < -0.39 is 0 Å². The molecule has 3 heteroatoms. The first kappa shape index (κ1) is 11.4. The number of hydrogen-bond donors (Lipinski definition) is 1. The second kappa shape index (κ2) is 4.83. The topological polar surface area (TPSA) is 21.3 Å². The van der Waals surface area contributed by atoms with E-state index in [0.29, 0.717) is 17.7 Å². The van der Waals surface area contributed by atoms with Crippen molar-refractivity contribution in [1.29, 1.82) is 0 Å². The first-order chi connectivity index (χ1) is 7.69. The molecule has 1 saturated carbocycles. The van der Waals surface area contributed by atoms with E-state index in [1.807, 2.05) is 13.0 Å². The molecular weight excluding hydrogens is 205 g/mol. The van der Waals surface area contributed by atoms with E-state index in [1.54, 1.807) is 19.1 Å². The summed E-state index contributed by atoms with van der Waals surface area (Å²) in [4.78, 5) is 0. The molecule has 1 aliphatic carbocycles. The Kier molecular flexibility index (Phi) is 3.44. The molecule has 0 amide bonds. The number of hydrogen-bond acceptors (Lipinski definition) is 2. The molecule has 88 valence electrons. The summed E-state index contributed by atoms with van der Waals surface area (Å²) in [6, 6.07) is 5.71. The van der Waals surface area contributed by atoms with E-state index >= 15 is 0 Å². The minimum Gasteiger partial charge on any atom is -0.382 e. The van der Waals surface area contributed by atoms with Crippen molar-refractivity contribution in [3.05, 3.63) is 29.6 Å². The van der Waals surface area contributed by atoms with Crippen molar-refractivity contribution < 1.29 is 9.13 Å². The quantitative estimate of drug-likeness (QED) is 0.846. The van der Waals surface area contributed by atoms with Gasteiger partial charge in [-0.1, -0.05) is 6.07 Å². The Hall–Kier alpha value is -1.09. The first-order valence-electron chi connectivity index (χ1n) is 5.83. The van der Waals surface area contributed by atoms with E-state index in [1.165, 1.54) is 0 Å². The molecule has 0 aliphatic heterocycles. The number of benzene rings is 1. The van der Waals surface area contributed by atoms with Crippen LogP contribution < -0.4 is 5.32 Å². The molecule has 1 aliphatic rings. The Balaban J connectivity index is 1.84. The molecule has 0 atom stereocenters. The van der Waals surface area contributed by atoms with Crippen LogP contribution in [0, 0.1) is 12.7 Å². The Morgan fingerprint density at radius 3 is 2.81 bits per heavy atom. The van der Waals surface area contributed by atoms with Crippen LogP contribution in [0.4, 0.5) is 10.1 Å². The van der Waals surface area contributed by atoms with Crippen LogP contribution in [0.2, 0.25) is 0 Å². The van der Waals surface area contributed by atoms with Gasteiger partial charge in [0, 0.05) is 18.3 Å². The van der Waals surface area contributed by atoms with Crippen molar-refractivity contribution in [2.45, 2.75) is 38.8 Å². The number of rotatable bonds is 4. The summed E-state index contributed by atoms with van der Waals surface area (Å²) in [5.74, 6) is -0.148. The highest BCUT2D eigenvalue weighted by Gasteiger charge is 2.29. The molecule has 0 radical (unpaired) electrons. The Bertz CT molecular complexity index is 361. The van der Waals surface area contributed by atoms with Crippen LogP contribution in [-0.4, -0.2) is 18.8 Å². The zero-order chi connectivity index (χ0) is 11.5. The molecule has 0 heterocycles. The molecule has 0 unspecified atom stereocenters. The van der Waals surface area contributed by atoms with E-state index in [4.69, 9.17) is 4.74 Å². The van der Waals surface area contributed by atoms with E-state index in [9.17, 15) is 4.39 Å². The molecule has 2 nitrogen and oxygen atoms in total. The molecule has 1 fully saturated rings. The average Bonchev–Trinajstić information content (AvgIpc) is 2.20. The fourth-order valence-corrected chi connectivity index (χ4v) is 1.97. The molecule has 1 aromatic carbocycles. The Morgan fingerprint density at radius 2 is 2.19 bits per heavy atom. The fourth-order valence-electron chi connectivity index (χ4n) is 1.97. The van der Waals surface area contributed by atoms with Gasteiger partial charge in [-0.15, -0.1) is 0 Å². The second-order valence-corrected chi connectivity index (χ2v) is 4.35. The first-order valence-corrected chi connectivity index (χ1v) is 5.83. The van der Waals surface area contributed by atoms with Crippen molar-refractivity contribution in [1.82, 2.24) is 0 Å². The Morgan fingerprint density at radius 1 is 1.44 bits per heavy atom. The normalized spacial score (nSPS) is 23.9. The van der Waals surface area contributed by atoms with Gasteiger partial charge in [-0.25, -0.2) is 4.39 Å². The minimum absolute atomic E-state index is 0.148. The van der Waals surface area contributed by atoms with Crippen molar-refractivity contribution in [3.8, 4) is 0 Å². The summed E-state index contributed by atoms with van der Waals surface area (Å²) in [6.07, 6.45) is 2.42. The van der Waals surface area contributed by atoms with Gasteiger partial charge in [0.1, 0.15) is 5.82 Å². The lowest BCUT2D eigenvalue weighted by atomic mass is 9.89. The lowest BCUT2D eigenvalue weighted by Gasteiger charge is -2.36. The maximum atomic E-state index is 13.3. The zero-order valence-corrected chi connectivity index (χ0v) is 9.79. The molecule has 0 spiro atoms. The molecule has 0 bridgehead atoms. The van der Waals surface area contributed by atoms with Gasteiger partial charge >= 0.3 is 0 Å². The van der Waals surface area contributed by atoms with E-state index in [0.717, 1.165) is 25.1 Å². The Labute approximate surface area is 95.8 Å².